The number of aromatic hydroxyl groups is 1. The SMILES string of the molecule is CC(C)N1CCC(c2cccc(/C(=C(/CCCO)c3ccccc3)c3ccc(O)cc3)c2)CC1. The Bertz CT molecular complexity index is 1080. The zero-order chi connectivity index (χ0) is 23.9. The van der Waals surface area contributed by atoms with Crippen LogP contribution in [0.5, 0.6) is 5.75 Å². The van der Waals surface area contributed by atoms with Crippen molar-refractivity contribution in [3.05, 3.63) is 101 Å². The number of phenols is 1. The number of likely N-dealkylation sites (tertiary alicyclic amines) is 1. The molecule has 0 aromatic heterocycles. The summed E-state index contributed by atoms with van der Waals surface area (Å²) in [5, 5.41) is 19.6. The largest absolute Gasteiger partial charge is 0.508 e. The Morgan fingerprint density at radius 1 is 0.853 bits per heavy atom. The van der Waals surface area contributed by atoms with Crippen LogP contribution in [0.25, 0.3) is 11.1 Å². The maximum Gasteiger partial charge on any atom is 0.115 e. The third-order valence-corrected chi connectivity index (χ3v) is 7.07. The third-order valence-electron chi connectivity index (χ3n) is 7.07. The number of nitrogens with zero attached hydrogens (tertiary/aromatic N) is 1. The molecule has 1 heterocycles. The highest BCUT2D eigenvalue weighted by molar-refractivity contribution is 5.98. The lowest BCUT2D eigenvalue weighted by molar-refractivity contribution is 0.172. The van der Waals surface area contributed by atoms with Gasteiger partial charge >= 0.3 is 0 Å². The summed E-state index contributed by atoms with van der Waals surface area (Å²) in [7, 11) is 0. The molecule has 34 heavy (non-hydrogen) atoms. The first-order valence-electron chi connectivity index (χ1n) is 12.6. The molecule has 3 nitrogen and oxygen atoms in total. The summed E-state index contributed by atoms with van der Waals surface area (Å²) in [6.45, 7) is 7.03. The van der Waals surface area contributed by atoms with Gasteiger partial charge in [0, 0.05) is 12.6 Å². The minimum Gasteiger partial charge on any atom is -0.508 e. The van der Waals surface area contributed by atoms with Gasteiger partial charge in [-0.25, -0.2) is 0 Å². The van der Waals surface area contributed by atoms with E-state index in [1.165, 1.54) is 40.7 Å². The van der Waals surface area contributed by atoms with Crippen molar-refractivity contribution in [1.29, 1.82) is 0 Å². The molecule has 0 spiro atoms. The Balaban J connectivity index is 1.79. The Kier molecular flexibility index (Phi) is 8.21. The topological polar surface area (TPSA) is 43.7 Å². The maximum atomic E-state index is 9.93. The number of piperidine rings is 1. The second-order valence-electron chi connectivity index (χ2n) is 9.62. The van der Waals surface area contributed by atoms with Crippen LogP contribution < -0.4 is 0 Å². The van der Waals surface area contributed by atoms with Crippen LogP contribution in [-0.4, -0.2) is 40.9 Å². The van der Waals surface area contributed by atoms with E-state index in [1.807, 2.05) is 18.2 Å². The Hall–Kier alpha value is -2.88. The smallest absolute Gasteiger partial charge is 0.115 e. The van der Waals surface area contributed by atoms with E-state index in [9.17, 15) is 10.2 Å². The van der Waals surface area contributed by atoms with Gasteiger partial charge in [0.1, 0.15) is 5.75 Å². The number of hydrogen-bond acceptors (Lipinski definition) is 3. The first-order chi connectivity index (χ1) is 16.6. The number of rotatable bonds is 8. The van der Waals surface area contributed by atoms with Gasteiger partial charge in [-0.05, 0) is 104 Å². The fourth-order valence-electron chi connectivity index (χ4n) is 5.15. The molecule has 0 amide bonds. The fraction of sp³-hybridized carbons (Fsp3) is 0.355. The van der Waals surface area contributed by atoms with Crippen molar-refractivity contribution in [2.75, 3.05) is 19.7 Å². The van der Waals surface area contributed by atoms with Crippen LogP contribution in [0, 0.1) is 0 Å². The fourth-order valence-corrected chi connectivity index (χ4v) is 5.15. The average Bonchev–Trinajstić information content (AvgIpc) is 2.88. The predicted octanol–water partition coefficient (Wildman–Crippen LogP) is 6.71. The van der Waals surface area contributed by atoms with Crippen LogP contribution >= 0.6 is 0 Å². The predicted molar refractivity (Wildman–Crippen MR) is 142 cm³/mol. The number of benzene rings is 3. The van der Waals surface area contributed by atoms with E-state index in [2.05, 4.69) is 67.3 Å². The van der Waals surface area contributed by atoms with Gasteiger partial charge < -0.3 is 15.1 Å². The lowest BCUT2D eigenvalue weighted by Gasteiger charge is -2.35. The van der Waals surface area contributed by atoms with Gasteiger partial charge in [-0.1, -0.05) is 66.7 Å². The molecule has 1 aliphatic rings. The van der Waals surface area contributed by atoms with Crippen LogP contribution in [0.3, 0.4) is 0 Å². The van der Waals surface area contributed by atoms with Gasteiger partial charge in [-0.15, -0.1) is 0 Å². The highest BCUT2D eigenvalue weighted by atomic mass is 16.3. The van der Waals surface area contributed by atoms with E-state index in [1.54, 1.807) is 12.1 Å². The second-order valence-corrected chi connectivity index (χ2v) is 9.62. The summed E-state index contributed by atoms with van der Waals surface area (Å²) in [6.07, 6.45) is 3.87. The lowest BCUT2D eigenvalue weighted by Crippen LogP contribution is -2.37. The van der Waals surface area contributed by atoms with Crippen molar-refractivity contribution in [3.8, 4) is 5.75 Å². The number of phenolic OH excluding ortho intramolecular Hbond substituents is 1. The van der Waals surface area contributed by atoms with Crippen molar-refractivity contribution >= 4 is 11.1 Å². The molecule has 4 rings (SSSR count). The summed E-state index contributed by atoms with van der Waals surface area (Å²) in [4.78, 5) is 2.57. The van der Waals surface area contributed by atoms with E-state index in [-0.39, 0.29) is 12.4 Å². The summed E-state index contributed by atoms with van der Waals surface area (Å²) in [5.41, 5.74) is 7.28. The van der Waals surface area contributed by atoms with E-state index in [4.69, 9.17) is 0 Å². The zero-order valence-corrected chi connectivity index (χ0v) is 20.5. The summed E-state index contributed by atoms with van der Waals surface area (Å²) in [5.74, 6) is 0.846. The molecular weight excluding hydrogens is 418 g/mol. The summed E-state index contributed by atoms with van der Waals surface area (Å²) >= 11 is 0. The number of allylic oxidation sites excluding steroid dienone is 1. The molecule has 1 aliphatic heterocycles. The maximum absolute atomic E-state index is 9.93. The van der Waals surface area contributed by atoms with E-state index >= 15 is 0 Å². The average molecular weight is 456 g/mol. The number of hydrogen-bond donors (Lipinski definition) is 2. The molecule has 0 bridgehead atoms. The minimum atomic E-state index is 0.160. The molecule has 3 aromatic carbocycles. The van der Waals surface area contributed by atoms with Gasteiger partial charge in [-0.3, -0.25) is 0 Å². The highest BCUT2D eigenvalue weighted by Crippen LogP contribution is 2.38. The van der Waals surface area contributed by atoms with Crippen molar-refractivity contribution in [3.63, 3.8) is 0 Å². The molecule has 0 aliphatic carbocycles. The van der Waals surface area contributed by atoms with Crippen LogP contribution in [-0.2, 0) is 0 Å². The number of aliphatic hydroxyl groups excluding tert-OH is 1. The monoisotopic (exact) mass is 455 g/mol. The minimum absolute atomic E-state index is 0.160. The van der Waals surface area contributed by atoms with Crippen LogP contribution in [0.2, 0.25) is 0 Å². The standard InChI is InChI=1S/C31H37NO2/c1-23(2)32-19-17-24(18-20-32)27-10-6-11-28(22-27)31(26-13-15-29(34)16-14-26)30(12-7-21-33)25-8-4-3-5-9-25/h3-6,8-11,13-16,22-24,33-34H,7,12,17-21H2,1-2H3/b31-30-. The van der Waals surface area contributed by atoms with Crippen molar-refractivity contribution in [2.45, 2.75) is 51.5 Å². The molecule has 0 unspecified atom stereocenters. The zero-order valence-electron chi connectivity index (χ0n) is 20.5. The van der Waals surface area contributed by atoms with Gasteiger partial charge in [0.15, 0.2) is 0 Å². The van der Waals surface area contributed by atoms with E-state index < -0.39 is 0 Å². The number of aliphatic hydroxyl groups is 1. The molecule has 0 saturated carbocycles. The Morgan fingerprint density at radius 3 is 2.18 bits per heavy atom. The van der Waals surface area contributed by atoms with Gasteiger partial charge in [0.05, 0.1) is 0 Å². The molecule has 0 atom stereocenters. The molecule has 1 saturated heterocycles. The van der Waals surface area contributed by atoms with Gasteiger partial charge in [0.25, 0.3) is 0 Å². The molecule has 178 valence electrons. The van der Waals surface area contributed by atoms with Crippen molar-refractivity contribution in [1.82, 2.24) is 4.90 Å². The quantitative estimate of drug-likeness (QED) is 0.371. The van der Waals surface area contributed by atoms with Crippen LogP contribution in [0.1, 0.15) is 67.7 Å². The van der Waals surface area contributed by atoms with Gasteiger partial charge in [-0.2, -0.15) is 0 Å². The molecule has 3 heteroatoms. The van der Waals surface area contributed by atoms with E-state index in [0.717, 1.165) is 25.1 Å². The first-order valence-corrected chi connectivity index (χ1v) is 12.6. The van der Waals surface area contributed by atoms with Gasteiger partial charge in [0.2, 0.25) is 0 Å². The Morgan fingerprint density at radius 2 is 1.53 bits per heavy atom. The van der Waals surface area contributed by atoms with Crippen LogP contribution in [0.15, 0.2) is 78.9 Å². The molecular formula is C31H37NO2. The highest BCUT2D eigenvalue weighted by Gasteiger charge is 2.23. The first kappa shape index (κ1) is 24.3. The van der Waals surface area contributed by atoms with Crippen LogP contribution in [0.4, 0.5) is 0 Å². The normalized spacial score (nSPS) is 16.0. The molecule has 3 aromatic rings. The van der Waals surface area contributed by atoms with Crippen molar-refractivity contribution < 1.29 is 10.2 Å². The van der Waals surface area contributed by atoms with E-state index in [0.29, 0.717) is 18.4 Å². The molecule has 1 fully saturated rings. The lowest BCUT2D eigenvalue weighted by atomic mass is 9.84. The second kappa shape index (κ2) is 11.5. The third kappa shape index (κ3) is 5.78. The Labute approximate surface area is 204 Å². The van der Waals surface area contributed by atoms with Crippen molar-refractivity contribution in [2.24, 2.45) is 0 Å². The molecule has 0 radical (unpaired) electrons. The summed E-state index contributed by atoms with van der Waals surface area (Å²) in [6, 6.07) is 27.7. The molecule has 2 N–H and O–H groups in total. The summed E-state index contributed by atoms with van der Waals surface area (Å²) < 4.78 is 0.